The summed E-state index contributed by atoms with van der Waals surface area (Å²) in [6.45, 7) is 11.2. The van der Waals surface area contributed by atoms with Gasteiger partial charge in [-0.25, -0.2) is 4.98 Å². The summed E-state index contributed by atoms with van der Waals surface area (Å²) < 4.78 is 5.82. The smallest absolute Gasteiger partial charge is 0.269 e. The van der Waals surface area contributed by atoms with Crippen molar-refractivity contribution in [3.8, 4) is 16.3 Å². The van der Waals surface area contributed by atoms with Gasteiger partial charge in [-0.1, -0.05) is 18.7 Å². The van der Waals surface area contributed by atoms with Gasteiger partial charge in [0.25, 0.3) is 5.82 Å². The fourth-order valence-electron chi connectivity index (χ4n) is 4.02. The van der Waals surface area contributed by atoms with Crippen molar-refractivity contribution in [1.82, 2.24) is 15.0 Å². The van der Waals surface area contributed by atoms with E-state index in [2.05, 4.69) is 20.1 Å². The van der Waals surface area contributed by atoms with Crippen LogP contribution in [-0.4, -0.2) is 27.8 Å². The number of aromatic nitrogens is 3. The summed E-state index contributed by atoms with van der Waals surface area (Å²) in [5, 5.41) is 6.49. The molecule has 34 heavy (non-hydrogen) atoms. The number of thiazole rings is 1. The fraction of sp³-hybridized carbons (Fsp3) is 0.192. The maximum Gasteiger partial charge on any atom is 0.269 e. The highest BCUT2D eigenvalue weighted by atomic mass is 32.1. The molecule has 168 valence electrons. The van der Waals surface area contributed by atoms with Crippen molar-refractivity contribution in [2.75, 3.05) is 12.4 Å². The maximum absolute atomic E-state index is 7.23. The third-order valence-corrected chi connectivity index (χ3v) is 6.44. The van der Waals surface area contributed by atoms with Crippen molar-refractivity contribution < 1.29 is 4.74 Å². The van der Waals surface area contributed by atoms with Gasteiger partial charge in [-0.05, 0) is 44.2 Å². The minimum absolute atomic E-state index is 0.384. The lowest BCUT2D eigenvalue weighted by Crippen LogP contribution is -2.02. The molecule has 0 fully saturated rings. The number of para-hydroxylation sites is 1. The maximum atomic E-state index is 7.23. The molecule has 0 saturated heterocycles. The second-order valence-electron chi connectivity index (χ2n) is 8.06. The molecule has 1 aromatic carbocycles. The van der Waals surface area contributed by atoms with Crippen LogP contribution in [0.3, 0.4) is 0 Å². The van der Waals surface area contributed by atoms with Crippen LogP contribution in [0.5, 0.6) is 5.75 Å². The number of hydrogen-bond acceptors (Lipinski definition) is 7. The molecule has 0 bridgehead atoms. The van der Waals surface area contributed by atoms with E-state index in [0.717, 1.165) is 61.9 Å². The zero-order valence-corrected chi connectivity index (χ0v) is 19.9. The Morgan fingerprint density at radius 2 is 1.91 bits per heavy atom. The average molecular weight is 467 g/mol. The number of aliphatic imine (C=N–C) groups is 1. The van der Waals surface area contributed by atoms with Crippen LogP contribution in [0.25, 0.3) is 15.4 Å². The Labute approximate surface area is 202 Å². The van der Waals surface area contributed by atoms with E-state index in [-0.39, 0.29) is 0 Å². The topological polar surface area (TPSA) is 76.7 Å². The van der Waals surface area contributed by atoms with Gasteiger partial charge < -0.3 is 14.9 Å². The molecule has 0 atom stereocenters. The van der Waals surface area contributed by atoms with Gasteiger partial charge in [-0.3, -0.25) is 9.98 Å². The first kappa shape index (κ1) is 21.7. The van der Waals surface area contributed by atoms with Crippen LogP contribution in [0, 0.1) is 13.5 Å². The van der Waals surface area contributed by atoms with Crippen LogP contribution < -0.4 is 10.1 Å². The molecule has 0 unspecified atom stereocenters. The monoisotopic (exact) mass is 466 g/mol. The molecular formula is C26H22N6OS. The van der Waals surface area contributed by atoms with E-state index in [1.165, 1.54) is 0 Å². The molecule has 4 aromatic rings. The number of pyridine rings is 2. The summed E-state index contributed by atoms with van der Waals surface area (Å²) >= 11 is 1.60. The molecular weight excluding hydrogens is 444 g/mol. The van der Waals surface area contributed by atoms with Crippen LogP contribution in [0.2, 0.25) is 0 Å². The molecule has 4 heterocycles. The van der Waals surface area contributed by atoms with Gasteiger partial charge in [0.2, 0.25) is 0 Å². The first-order chi connectivity index (χ1) is 16.5. The van der Waals surface area contributed by atoms with Gasteiger partial charge in [-0.2, -0.15) is 0 Å². The number of aryl methyl sites for hydroxylation is 1. The lowest BCUT2D eigenvalue weighted by atomic mass is 10.1. The van der Waals surface area contributed by atoms with Gasteiger partial charge in [0.05, 0.1) is 41.9 Å². The summed E-state index contributed by atoms with van der Waals surface area (Å²) in [7, 11) is 1.67. The van der Waals surface area contributed by atoms with E-state index in [9.17, 15) is 0 Å². The predicted molar refractivity (Wildman–Crippen MR) is 136 cm³/mol. The number of rotatable bonds is 6. The Kier molecular flexibility index (Phi) is 5.78. The van der Waals surface area contributed by atoms with E-state index < -0.39 is 0 Å². The van der Waals surface area contributed by atoms with E-state index in [1.807, 2.05) is 55.6 Å². The lowest BCUT2D eigenvalue weighted by molar-refractivity contribution is 0.418. The number of ether oxygens (including phenoxy) is 1. The van der Waals surface area contributed by atoms with Gasteiger partial charge in [0.15, 0.2) is 5.75 Å². The molecule has 0 amide bonds. The average Bonchev–Trinajstić information content (AvgIpc) is 3.44. The van der Waals surface area contributed by atoms with Gasteiger partial charge in [0.1, 0.15) is 16.4 Å². The van der Waals surface area contributed by atoms with Gasteiger partial charge in [0, 0.05) is 23.2 Å². The third-order valence-electron chi connectivity index (χ3n) is 5.45. The molecule has 0 radical (unpaired) electrons. The number of fused-ring (bicyclic) bond motifs is 1. The number of anilines is 2. The number of nitrogens with one attached hydrogen (secondary N) is 1. The van der Waals surface area contributed by atoms with E-state index >= 15 is 0 Å². The summed E-state index contributed by atoms with van der Waals surface area (Å²) in [6.07, 6.45) is 1.24. The SMILES string of the molecule is [C-]#[N+]c1cccc(Cc2cc(Nc3cccc(-c4nc(C)cs4)c3OC)c3c(n2)CC(C)=N3)n1. The van der Waals surface area contributed by atoms with Crippen LogP contribution in [-0.2, 0) is 12.8 Å². The quantitative estimate of drug-likeness (QED) is 0.330. The summed E-state index contributed by atoms with van der Waals surface area (Å²) in [5.41, 5.74) is 8.10. The van der Waals surface area contributed by atoms with Gasteiger partial charge >= 0.3 is 0 Å². The first-order valence-electron chi connectivity index (χ1n) is 10.8. The standard InChI is InChI=1S/C26H22N6OS/c1-15-11-21-24(28-15)22(13-18(30-21)12-17-7-5-10-23(27-3)31-17)32-20-9-6-8-19(25(20)33-4)26-29-16(2)14-34-26/h5-10,13-14H,11-12H2,1-2,4H3,(H,30,32). The Balaban J connectivity index is 1.54. The van der Waals surface area contributed by atoms with Crippen molar-refractivity contribution in [3.05, 3.63) is 82.0 Å². The zero-order valence-electron chi connectivity index (χ0n) is 19.1. The van der Waals surface area contributed by atoms with E-state index in [4.69, 9.17) is 21.3 Å². The molecule has 1 aliphatic heterocycles. The highest BCUT2D eigenvalue weighted by Gasteiger charge is 2.21. The van der Waals surface area contributed by atoms with E-state index in [0.29, 0.717) is 18.7 Å². The molecule has 3 aromatic heterocycles. The lowest BCUT2D eigenvalue weighted by Gasteiger charge is -2.16. The summed E-state index contributed by atoms with van der Waals surface area (Å²) in [5.74, 6) is 1.12. The molecule has 8 heteroatoms. The molecule has 5 rings (SSSR count). The normalized spacial score (nSPS) is 12.1. The number of nitrogens with zero attached hydrogens (tertiary/aromatic N) is 5. The number of hydrogen-bond donors (Lipinski definition) is 1. The minimum Gasteiger partial charge on any atom is -0.494 e. The largest absolute Gasteiger partial charge is 0.494 e. The summed E-state index contributed by atoms with van der Waals surface area (Å²) in [6, 6.07) is 13.5. The van der Waals surface area contributed by atoms with Crippen LogP contribution in [0.15, 0.2) is 52.8 Å². The molecule has 0 aliphatic carbocycles. The fourth-order valence-corrected chi connectivity index (χ4v) is 4.83. The minimum atomic E-state index is 0.384. The number of methoxy groups -OCH3 is 1. The van der Waals surface area contributed by atoms with Gasteiger partial charge in [-0.15, -0.1) is 16.3 Å². The third kappa shape index (κ3) is 4.26. The first-order valence-corrected chi connectivity index (χ1v) is 11.7. The van der Waals surface area contributed by atoms with E-state index in [1.54, 1.807) is 24.5 Å². The van der Waals surface area contributed by atoms with Crippen molar-refractivity contribution in [2.45, 2.75) is 26.7 Å². The molecule has 0 saturated carbocycles. The number of benzene rings is 1. The van der Waals surface area contributed by atoms with Crippen molar-refractivity contribution in [2.24, 2.45) is 4.99 Å². The zero-order chi connectivity index (χ0) is 23.7. The molecule has 0 spiro atoms. The second-order valence-corrected chi connectivity index (χ2v) is 8.92. The van der Waals surface area contributed by atoms with Crippen LogP contribution >= 0.6 is 11.3 Å². The van der Waals surface area contributed by atoms with Crippen LogP contribution in [0.4, 0.5) is 22.9 Å². The highest BCUT2D eigenvalue weighted by Crippen LogP contribution is 2.42. The predicted octanol–water partition coefficient (Wildman–Crippen LogP) is 6.45. The molecule has 7 nitrogen and oxygen atoms in total. The van der Waals surface area contributed by atoms with Crippen molar-refractivity contribution in [1.29, 1.82) is 0 Å². The van der Waals surface area contributed by atoms with Crippen molar-refractivity contribution >= 4 is 39.9 Å². The van der Waals surface area contributed by atoms with Crippen molar-refractivity contribution in [3.63, 3.8) is 0 Å². The Morgan fingerprint density at radius 1 is 1.06 bits per heavy atom. The Bertz CT molecular complexity index is 1470. The van der Waals surface area contributed by atoms with Crippen LogP contribution in [0.1, 0.15) is 29.7 Å². The Morgan fingerprint density at radius 3 is 2.68 bits per heavy atom. The highest BCUT2D eigenvalue weighted by molar-refractivity contribution is 7.13. The summed E-state index contributed by atoms with van der Waals surface area (Å²) in [4.78, 5) is 22.1. The molecule has 1 N–H and O–H groups in total. The molecule has 1 aliphatic rings. The second kappa shape index (κ2) is 9.04. The Hall–Kier alpha value is -4.09.